The molecule has 4 aliphatic rings. The Morgan fingerprint density at radius 2 is 0.617 bits per heavy atom. The average Bonchev–Trinajstić information content (AvgIpc) is 3.04. The summed E-state index contributed by atoms with van der Waals surface area (Å²) in [4.78, 5) is 66.7. The van der Waals surface area contributed by atoms with Crippen LogP contribution in [-0.4, -0.2) is 116 Å². The fourth-order valence-electron chi connectivity index (χ4n) is 9.65. The van der Waals surface area contributed by atoms with Gasteiger partial charge in [-0.1, -0.05) is 0 Å². The van der Waals surface area contributed by atoms with Crippen molar-refractivity contribution < 1.29 is 38.1 Å². The normalized spacial score (nSPS) is 26.5. The molecule has 0 aliphatic carbocycles. The van der Waals surface area contributed by atoms with Gasteiger partial charge in [-0.2, -0.15) is 0 Å². The standard InChI is InChI=1S/C48H78N4O8/c1-41(2)23-31(24-42(3,4)49(41)17)57-37(53)21-35(39(55)59-33-27-45(9,10)51(19)46(11,12)28-33)36(40(56)60-34-29-47(13,14)52(20)48(15,16)30-34)22-38(54)58-32-25-43(5,6)50(18)44(7,8)26-32/h23,25,27,29,35-36H,21-22,24,26,28,30H2,1-20H3. The molecule has 0 aromatic heterocycles. The molecule has 0 amide bonds. The van der Waals surface area contributed by atoms with Crippen molar-refractivity contribution in [1.82, 2.24) is 19.6 Å². The molecule has 0 bridgehead atoms. The van der Waals surface area contributed by atoms with Gasteiger partial charge in [-0.05, 0) is 163 Å². The summed E-state index contributed by atoms with van der Waals surface area (Å²) in [6.45, 7) is 32.9. The van der Waals surface area contributed by atoms with Crippen LogP contribution in [0.25, 0.3) is 0 Å². The zero-order chi connectivity index (χ0) is 46.0. The molecule has 2 atom stereocenters. The third-order valence-electron chi connectivity index (χ3n) is 14.4. The molecule has 2 unspecified atom stereocenters. The number of esters is 4. The molecule has 60 heavy (non-hydrogen) atoms. The van der Waals surface area contributed by atoms with Gasteiger partial charge in [-0.3, -0.25) is 38.8 Å². The van der Waals surface area contributed by atoms with Gasteiger partial charge in [0.15, 0.2) is 0 Å². The summed E-state index contributed by atoms with van der Waals surface area (Å²) < 4.78 is 24.5. The lowest BCUT2D eigenvalue weighted by Crippen LogP contribution is -2.55. The van der Waals surface area contributed by atoms with Crippen LogP contribution in [0.1, 0.15) is 149 Å². The SMILES string of the molecule is CN1C(C)(C)C=C(OC(=O)CC(C(=O)OC2=CC(C)(C)N(C)C(C)(C)C2)C(CC(=O)OC2=CC(C)(C)N(C)C(C)(C)C2)C(=O)OC2=CC(C)(C)N(C)C(C)(C)C2)CC1(C)C. The fraction of sp³-hybridized carbons (Fsp3) is 0.750. The molecule has 0 N–H and O–H groups in total. The first-order valence-corrected chi connectivity index (χ1v) is 21.6. The molecular formula is C48H78N4O8. The molecule has 0 fully saturated rings. The van der Waals surface area contributed by atoms with Gasteiger partial charge in [-0.15, -0.1) is 0 Å². The Labute approximate surface area is 361 Å². The number of carbonyl (C=O) groups is 4. The molecule has 12 heteroatoms. The third kappa shape index (κ3) is 10.8. The smallest absolute Gasteiger partial charge is 0.315 e. The molecule has 4 aliphatic heterocycles. The Hall–Kier alpha value is -3.32. The van der Waals surface area contributed by atoms with Crippen molar-refractivity contribution in [2.45, 2.75) is 194 Å². The van der Waals surface area contributed by atoms with E-state index in [2.05, 4.69) is 75.0 Å². The Morgan fingerprint density at radius 1 is 0.417 bits per heavy atom. The number of ether oxygens (including phenoxy) is 4. The number of hydrogen-bond acceptors (Lipinski definition) is 12. The number of hydrogen-bond donors (Lipinski definition) is 0. The lowest BCUT2D eigenvalue weighted by atomic mass is 9.83. The molecular weight excluding hydrogens is 761 g/mol. The summed E-state index contributed by atoms with van der Waals surface area (Å²) in [6.07, 6.45) is 8.23. The van der Waals surface area contributed by atoms with E-state index >= 15 is 0 Å². The summed E-state index contributed by atoms with van der Waals surface area (Å²) in [7, 11) is 8.10. The van der Waals surface area contributed by atoms with E-state index in [4.69, 9.17) is 18.9 Å². The van der Waals surface area contributed by atoms with E-state index in [-0.39, 0.29) is 22.2 Å². The van der Waals surface area contributed by atoms with E-state index in [1.54, 1.807) is 0 Å². The zero-order valence-corrected chi connectivity index (χ0v) is 40.8. The molecule has 0 aromatic rings. The van der Waals surface area contributed by atoms with Gasteiger partial charge >= 0.3 is 23.9 Å². The van der Waals surface area contributed by atoms with Crippen molar-refractivity contribution in [3.05, 3.63) is 47.3 Å². The molecule has 0 saturated carbocycles. The van der Waals surface area contributed by atoms with Crippen molar-refractivity contribution in [2.24, 2.45) is 11.8 Å². The predicted molar refractivity (Wildman–Crippen MR) is 235 cm³/mol. The minimum atomic E-state index is -1.45. The Balaban J connectivity index is 1.79. The van der Waals surface area contributed by atoms with Gasteiger partial charge in [0.05, 0.1) is 24.7 Å². The van der Waals surface area contributed by atoms with Gasteiger partial charge in [0.1, 0.15) is 23.0 Å². The fourth-order valence-corrected chi connectivity index (χ4v) is 9.65. The topological polar surface area (TPSA) is 118 Å². The van der Waals surface area contributed by atoms with E-state index in [1.165, 1.54) is 0 Å². The Kier molecular flexibility index (Phi) is 13.5. The average molecular weight is 839 g/mol. The lowest BCUT2D eigenvalue weighted by Gasteiger charge is -2.49. The number of rotatable bonds is 11. The van der Waals surface area contributed by atoms with E-state index in [0.29, 0.717) is 48.7 Å². The van der Waals surface area contributed by atoms with Crippen LogP contribution in [0.4, 0.5) is 0 Å². The quantitative estimate of drug-likeness (QED) is 0.147. The van der Waals surface area contributed by atoms with Crippen LogP contribution in [0.3, 0.4) is 0 Å². The lowest BCUT2D eigenvalue weighted by molar-refractivity contribution is -0.164. The van der Waals surface area contributed by atoms with Crippen LogP contribution in [0, 0.1) is 11.8 Å². The van der Waals surface area contributed by atoms with Gasteiger partial charge < -0.3 is 18.9 Å². The van der Waals surface area contributed by atoms with Gasteiger partial charge in [0.2, 0.25) is 0 Å². The first-order valence-electron chi connectivity index (χ1n) is 21.6. The van der Waals surface area contributed by atoms with Crippen LogP contribution in [0.2, 0.25) is 0 Å². The summed E-state index contributed by atoms with van der Waals surface area (Å²) in [5.41, 5.74) is -3.24. The second-order valence-corrected chi connectivity index (χ2v) is 22.7. The summed E-state index contributed by atoms with van der Waals surface area (Å²) in [5, 5.41) is 0. The summed E-state index contributed by atoms with van der Waals surface area (Å²) >= 11 is 0. The van der Waals surface area contributed by atoms with Crippen molar-refractivity contribution in [3.63, 3.8) is 0 Å². The van der Waals surface area contributed by atoms with Crippen LogP contribution in [0.15, 0.2) is 47.3 Å². The molecule has 0 saturated heterocycles. The summed E-state index contributed by atoms with van der Waals surface area (Å²) in [5.74, 6) is -4.19. The Morgan fingerprint density at radius 3 is 0.817 bits per heavy atom. The first kappa shape index (κ1) is 49.3. The molecule has 4 rings (SSSR count). The van der Waals surface area contributed by atoms with Gasteiger partial charge in [0.25, 0.3) is 0 Å². The van der Waals surface area contributed by atoms with Crippen LogP contribution in [-0.2, 0) is 38.1 Å². The maximum absolute atomic E-state index is 14.8. The maximum Gasteiger partial charge on any atom is 0.315 e. The molecule has 4 heterocycles. The van der Waals surface area contributed by atoms with Crippen LogP contribution in [0.5, 0.6) is 0 Å². The van der Waals surface area contributed by atoms with Gasteiger partial charge in [0, 0.05) is 70.0 Å². The van der Waals surface area contributed by atoms with E-state index in [1.807, 2.05) is 108 Å². The highest BCUT2D eigenvalue weighted by Crippen LogP contribution is 2.41. The number of nitrogens with zero attached hydrogens (tertiary/aromatic N) is 4. The molecule has 0 spiro atoms. The minimum Gasteiger partial charge on any atom is -0.431 e. The van der Waals surface area contributed by atoms with Crippen molar-refractivity contribution in [1.29, 1.82) is 0 Å². The van der Waals surface area contributed by atoms with Crippen molar-refractivity contribution >= 4 is 23.9 Å². The van der Waals surface area contributed by atoms with Crippen LogP contribution < -0.4 is 0 Å². The second-order valence-electron chi connectivity index (χ2n) is 22.7. The van der Waals surface area contributed by atoms with Crippen molar-refractivity contribution in [2.75, 3.05) is 28.2 Å². The zero-order valence-electron chi connectivity index (χ0n) is 40.8. The minimum absolute atomic E-state index is 0.336. The summed E-state index contributed by atoms with van der Waals surface area (Å²) in [6, 6.07) is 0. The van der Waals surface area contributed by atoms with E-state index in [9.17, 15) is 19.2 Å². The Bertz CT molecular complexity index is 1710. The predicted octanol–water partition coefficient (Wildman–Crippen LogP) is 8.28. The monoisotopic (exact) mass is 839 g/mol. The first-order chi connectivity index (χ1) is 26.9. The van der Waals surface area contributed by atoms with E-state index in [0.717, 1.165) is 0 Å². The highest BCUT2D eigenvalue weighted by Gasteiger charge is 2.47. The highest BCUT2D eigenvalue weighted by atomic mass is 16.6. The molecule has 0 radical (unpaired) electrons. The van der Waals surface area contributed by atoms with Crippen LogP contribution >= 0.6 is 0 Å². The van der Waals surface area contributed by atoms with E-state index < -0.39 is 70.7 Å². The highest BCUT2D eigenvalue weighted by molar-refractivity contribution is 5.89. The second kappa shape index (κ2) is 16.4. The molecule has 12 nitrogen and oxygen atoms in total. The molecule has 338 valence electrons. The number of likely N-dealkylation sites (N-methyl/N-ethyl adjacent to an activating group) is 4. The largest absolute Gasteiger partial charge is 0.431 e. The number of carbonyl (C=O) groups excluding carboxylic acids is 4. The third-order valence-corrected chi connectivity index (χ3v) is 14.4. The van der Waals surface area contributed by atoms with Crippen molar-refractivity contribution in [3.8, 4) is 0 Å². The molecule has 0 aromatic carbocycles. The maximum atomic E-state index is 14.8. The van der Waals surface area contributed by atoms with Gasteiger partial charge in [-0.25, -0.2) is 0 Å².